The van der Waals surface area contributed by atoms with E-state index < -0.39 is 0 Å². The highest BCUT2D eigenvalue weighted by Crippen LogP contribution is 2.30. The molecule has 18 heavy (non-hydrogen) atoms. The second kappa shape index (κ2) is 4.98. The van der Waals surface area contributed by atoms with Gasteiger partial charge in [-0.3, -0.25) is 4.79 Å². The summed E-state index contributed by atoms with van der Waals surface area (Å²) in [6.07, 6.45) is 0. The van der Waals surface area contributed by atoms with Gasteiger partial charge in [0, 0.05) is 10.0 Å². The largest absolute Gasteiger partial charge is 0.288 e. The summed E-state index contributed by atoms with van der Waals surface area (Å²) in [5.74, 6) is 0.124. The average Bonchev–Trinajstić information content (AvgIpc) is 2.73. The lowest BCUT2D eigenvalue weighted by Gasteiger charge is -2.13. The van der Waals surface area contributed by atoms with Crippen molar-refractivity contribution in [1.82, 2.24) is 0 Å². The number of carbonyl (C=O) groups excluding carboxylic acids is 1. The van der Waals surface area contributed by atoms with E-state index >= 15 is 0 Å². The highest BCUT2D eigenvalue weighted by atomic mass is 79.9. The van der Waals surface area contributed by atoms with Crippen molar-refractivity contribution in [2.75, 3.05) is 0 Å². The first-order valence-electron chi connectivity index (χ1n) is 5.78. The van der Waals surface area contributed by atoms with Gasteiger partial charge in [-0.2, -0.15) is 0 Å². The molecule has 0 saturated heterocycles. The molecule has 0 radical (unpaired) electrons. The Morgan fingerprint density at radius 1 is 1.11 bits per heavy atom. The second-order valence-corrected chi connectivity index (χ2v) is 6.33. The van der Waals surface area contributed by atoms with Crippen molar-refractivity contribution >= 4 is 33.0 Å². The molecule has 0 aliphatic rings. The molecule has 0 fully saturated rings. The minimum atomic E-state index is 0.124. The molecule has 0 amide bonds. The van der Waals surface area contributed by atoms with Crippen LogP contribution in [0.25, 0.3) is 0 Å². The lowest BCUT2D eigenvalue weighted by molar-refractivity contribution is 0.104. The molecule has 1 heterocycles. The Hall–Kier alpha value is -0.930. The van der Waals surface area contributed by atoms with Gasteiger partial charge in [-0.05, 0) is 77.3 Å². The summed E-state index contributed by atoms with van der Waals surface area (Å²) < 4.78 is 0.885. The van der Waals surface area contributed by atoms with Crippen molar-refractivity contribution in [2.24, 2.45) is 0 Å². The molecule has 0 bridgehead atoms. The van der Waals surface area contributed by atoms with Crippen molar-refractivity contribution < 1.29 is 4.79 Å². The minimum Gasteiger partial charge on any atom is -0.288 e. The van der Waals surface area contributed by atoms with E-state index in [1.807, 2.05) is 25.3 Å². The summed E-state index contributed by atoms with van der Waals surface area (Å²) in [6.45, 7) is 8.16. The molecule has 1 aromatic heterocycles. The quantitative estimate of drug-likeness (QED) is 0.713. The van der Waals surface area contributed by atoms with E-state index in [-0.39, 0.29) is 5.78 Å². The van der Waals surface area contributed by atoms with Gasteiger partial charge in [-0.15, -0.1) is 11.3 Å². The molecule has 1 nitrogen and oxygen atoms in total. The number of rotatable bonds is 2. The molecule has 0 spiro atoms. The molecule has 1 aromatic carbocycles. The Morgan fingerprint density at radius 3 is 2.11 bits per heavy atom. The van der Waals surface area contributed by atoms with Crippen LogP contribution < -0.4 is 0 Å². The van der Waals surface area contributed by atoms with Gasteiger partial charge in [0.25, 0.3) is 0 Å². The van der Waals surface area contributed by atoms with E-state index in [2.05, 4.69) is 35.8 Å². The van der Waals surface area contributed by atoms with Gasteiger partial charge in [-0.1, -0.05) is 6.07 Å². The molecular formula is C15H15BrOS. The smallest absolute Gasteiger partial charge is 0.204 e. The molecule has 94 valence electrons. The number of carbonyl (C=O) groups is 1. The van der Waals surface area contributed by atoms with Crippen LogP contribution >= 0.6 is 27.3 Å². The number of aryl methyl sites for hydroxylation is 2. The number of halogens is 1. The highest BCUT2D eigenvalue weighted by Gasteiger charge is 2.20. The van der Waals surface area contributed by atoms with Crippen LogP contribution in [0.2, 0.25) is 0 Å². The highest BCUT2D eigenvalue weighted by molar-refractivity contribution is 9.10. The topological polar surface area (TPSA) is 17.1 Å². The van der Waals surface area contributed by atoms with Gasteiger partial charge in [-0.25, -0.2) is 0 Å². The van der Waals surface area contributed by atoms with Crippen LogP contribution in [0.4, 0.5) is 0 Å². The van der Waals surface area contributed by atoms with E-state index in [0.29, 0.717) is 0 Å². The fourth-order valence-electron chi connectivity index (χ4n) is 2.13. The van der Waals surface area contributed by atoms with E-state index in [9.17, 15) is 4.79 Å². The van der Waals surface area contributed by atoms with Crippen molar-refractivity contribution in [1.29, 1.82) is 0 Å². The first kappa shape index (κ1) is 13.5. The van der Waals surface area contributed by atoms with E-state index in [1.54, 1.807) is 0 Å². The monoisotopic (exact) mass is 322 g/mol. The van der Waals surface area contributed by atoms with Crippen LogP contribution in [-0.2, 0) is 0 Å². The number of thiophene rings is 1. The molecule has 3 heteroatoms. The molecule has 2 rings (SSSR count). The predicted molar refractivity (Wildman–Crippen MR) is 80.8 cm³/mol. The SMILES string of the molecule is Cc1cc(C)c(C)c(C(=O)c2sccc2Br)c1C. The fraction of sp³-hybridized carbons (Fsp3) is 0.267. The van der Waals surface area contributed by atoms with Gasteiger partial charge in [0.1, 0.15) is 0 Å². The van der Waals surface area contributed by atoms with Gasteiger partial charge in [0.15, 0.2) is 0 Å². The Labute approximate surface area is 120 Å². The summed E-state index contributed by atoms with van der Waals surface area (Å²) >= 11 is 4.93. The maximum atomic E-state index is 12.7. The Kier molecular flexibility index (Phi) is 3.74. The van der Waals surface area contributed by atoms with E-state index in [4.69, 9.17) is 0 Å². The zero-order chi connectivity index (χ0) is 13.4. The number of ketones is 1. The maximum absolute atomic E-state index is 12.7. The van der Waals surface area contributed by atoms with Crippen LogP contribution in [0.5, 0.6) is 0 Å². The van der Waals surface area contributed by atoms with Gasteiger partial charge in [0.05, 0.1) is 4.88 Å². The minimum absolute atomic E-state index is 0.124. The predicted octanol–water partition coefficient (Wildman–Crippen LogP) is 4.98. The van der Waals surface area contributed by atoms with Crippen LogP contribution in [-0.4, -0.2) is 5.78 Å². The van der Waals surface area contributed by atoms with Gasteiger partial charge >= 0.3 is 0 Å². The molecule has 0 aliphatic heterocycles. The third-order valence-corrected chi connectivity index (χ3v) is 5.25. The van der Waals surface area contributed by atoms with E-state index in [1.165, 1.54) is 22.5 Å². The first-order valence-corrected chi connectivity index (χ1v) is 7.45. The molecule has 0 atom stereocenters. The fourth-order valence-corrected chi connectivity index (χ4v) is 3.62. The maximum Gasteiger partial charge on any atom is 0.204 e. The summed E-state index contributed by atoms with van der Waals surface area (Å²) in [4.78, 5) is 13.4. The lowest BCUT2D eigenvalue weighted by atomic mass is 9.91. The average molecular weight is 323 g/mol. The van der Waals surface area contributed by atoms with Crippen LogP contribution in [0.3, 0.4) is 0 Å². The Morgan fingerprint density at radius 2 is 1.67 bits per heavy atom. The molecule has 0 unspecified atom stereocenters. The van der Waals surface area contributed by atoms with Crippen LogP contribution in [0.15, 0.2) is 22.0 Å². The molecule has 0 N–H and O–H groups in total. The number of benzene rings is 1. The summed E-state index contributed by atoms with van der Waals surface area (Å²) in [5.41, 5.74) is 5.38. The van der Waals surface area contributed by atoms with Gasteiger partial charge in [0.2, 0.25) is 5.78 Å². The number of hydrogen-bond donors (Lipinski definition) is 0. The summed E-state index contributed by atoms with van der Waals surface area (Å²) in [5, 5.41) is 1.94. The second-order valence-electron chi connectivity index (χ2n) is 4.56. The van der Waals surface area contributed by atoms with Crippen LogP contribution in [0.1, 0.15) is 37.5 Å². The van der Waals surface area contributed by atoms with Crippen molar-refractivity contribution in [3.8, 4) is 0 Å². The molecule has 0 aliphatic carbocycles. The number of hydrogen-bond acceptors (Lipinski definition) is 2. The third-order valence-electron chi connectivity index (χ3n) is 3.42. The zero-order valence-corrected chi connectivity index (χ0v) is 13.3. The first-order chi connectivity index (χ1) is 8.43. The van der Waals surface area contributed by atoms with Crippen molar-refractivity contribution in [3.63, 3.8) is 0 Å². The summed E-state index contributed by atoms with van der Waals surface area (Å²) in [6, 6.07) is 4.07. The van der Waals surface area contributed by atoms with E-state index in [0.717, 1.165) is 26.0 Å². The van der Waals surface area contributed by atoms with Crippen molar-refractivity contribution in [2.45, 2.75) is 27.7 Å². The standard InChI is InChI=1S/C15H15BrOS/c1-8-7-9(2)11(4)13(10(8)3)14(17)15-12(16)5-6-18-15/h5-7H,1-4H3. The lowest BCUT2D eigenvalue weighted by Crippen LogP contribution is -2.08. The Bertz CT molecular complexity index is 599. The molecule has 2 aromatic rings. The van der Waals surface area contributed by atoms with Gasteiger partial charge < -0.3 is 0 Å². The third kappa shape index (κ3) is 2.17. The summed E-state index contributed by atoms with van der Waals surface area (Å²) in [7, 11) is 0. The molecular weight excluding hydrogens is 308 g/mol. The zero-order valence-electron chi connectivity index (χ0n) is 10.9. The molecule has 0 saturated carbocycles. The van der Waals surface area contributed by atoms with Crippen LogP contribution in [0, 0.1) is 27.7 Å². The Balaban J connectivity index is 2.66. The van der Waals surface area contributed by atoms with Crippen molar-refractivity contribution in [3.05, 3.63) is 54.7 Å². The normalized spacial score (nSPS) is 10.7.